The van der Waals surface area contributed by atoms with Crippen molar-refractivity contribution in [3.05, 3.63) is 76.0 Å². The Morgan fingerprint density at radius 3 is 2.54 bits per heavy atom. The van der Waals surface area contributed by atoms with Crippen molar-refractivity contribution in [3.8, 4) is 17.6 Å². The molecule has 0 saturated heterocycles. The van der Waals surface area contributed by atoms with Gasteiger partial charge in [0.1, 0.15) is 0 Å². The van der Waals surface area contributed by atoms with Gasteiger partial charge in [-0.25, -0.2) is 9.55 Å². The summed E-state index contributed by atoms with van der Waals surface area (Å²) in [7, 11) is 0. The van der Waals surface area contributed by atoms with Gasteiger partial charge in [-0.15, -0.1) is 0 Å². The number of hydrogen-bond donors (Lipinski definition) is 0. The van der Waals surface area contributed by atoms with E-state index in [0.29, 0.717) is 15.9 Å². The lowest BCUT2D eigenvalue weighted by Gasteiger charge is -2.06. The second kappa shape index (κ2) is 7.53. The quantitative estimate of drug-likeness (QED) is 0.617. The van der Waals surface area contributed by atoms with Crippen LogP contribution < -0.4 is 0 Å². The highest BCUT2D eigenvalue weighted by Gasteiger charge is 2.11. The SMILES string of the molecule is N#Cn1c(CCCc2ccc(Cl)cc2Cl)cnc1-c1ccccc1. The number of benzene rings is 2. The zero-order valence-electron chi connectivity index (χ0n) is 12.9. The number of aromatic nitrogens is 2. The van der Waals surface area contributed by atoms with Crippen LogP contribution in [0, 0.1) is 11.5 Å². The van der Waals surface area contributed by atoms with Crippen LogP contribution in [0.1, 0.15) is 17.7 Å². The molecule has 1 aromatic heterocycles. The van der Waals surface area contributed by atoms with Crippen LogP contribution in [0.4, 0.5) is 0 Å². The smallest absolute Gasteiger partial charge is 0.190 e. The first-order chi connectivity index (χ1) is 11.7. The van der Waals surface area contributed by atoms with Gasteiger partial charge in [0.2, 0.25) is 0 Å². The molecule has 120 valence electrons. The zero-order chi connectivity index (χ0) is 16.9. The summed E-state index contributed by atoms with van der Waals surface area (Å²) in [6.45, 7) is 0. The second-order valence-electron chi connectivity index (χ2n) is 5.46. The third-order valence-electron chi connectivity index (χ3n) is 3.86. The molecule has 0 unspecified atom stereocenters. The van der Waals surface area contributed by atoms with E-state index in [1.54, 1.807) is 16.8 Å². The van der Waals surface area contributed by atoms with Crippen molar-refractivity contribution in [1.29, 1.82) is 5.26 Å². The molecule has 0 amide bonds. The van der Waals surface area contributed by atoms with Gasteiger partial charge in [0.15, 0.2) is 12.0 Å². The van der Waals surface area contributed by atoms with Crippen molar-refractivity contribution in [2.75, 3.05) is 0 Å². The Balaban J connectivity index is 1.72. The van der Waals surface area contributed by atoms with Crippen LogP contribution in [0.15, 0.2) is 54.7 Å². The van der Waals surface area contributed by atoms with Crippen LogP contribution in [0.2, 0.25) is 10.0 Å². The lowest BCUT2D eigenvalue weighted by molar-refractivity contribution is 0.784. The van der Waals surface area contributed by atoms with Gasteiger partial charge >= 0.3 is 0 Å². The van der Waals surface area contributed by atoms with Gasteiger partial charge in [0, 0.05) is 15.6 Å². The van der Waals surface area contributed by atoms with E-state index < -0.39 is 0 Å². The molecule has 0 spiro atoms. The first-order valence-corrected chi connectivity index (χ1v) is 8.40. The minimum Gasteiger partial charge on any atom is -0.235 e. The maximum absolute atomic E-state index is 9.48. The van der Waals surface area contributed by atoms with Crippen molar-refractivity contribution >= 4 is 23.2 Å². The number of imidazole rings is 1. The van der Waals surface area contributed by atoms with Crippen LogP contribution in [0.3, 0.4) is 0 Å². The summed E-state index contributed by atoms with van der Waals surface area (Å²) >= 11 is 12.1. The number of rotatable bonds is 5. The largest absolute Gasteiger partial charge is 0.235 e. The van der Waals surface area contributed by atoms with E-state index in [2.05, 4.69) is 11.2 Å². The predicted octanol–water partition coefficient (Wildman–Crippen LogP) is 5.36. The molecule has 0 bridgehead atoms. The average Bonchev–Trinajstić information content (AvgIpc) is 3.00. The number of nitriles is 1. The van der Waals surface area contributed by atoms with Crippen molar-refractivity contribution in [1.82, 2.24) is 9.55 Å². The third-order valence-corrected chi connectivity index (χ3v) is 4.45. The highest BCUT2D eigenvalue weighted by molar-refractivity contribution is 6.35. The van der Waals surface area contributed by atoms with E-state index in [4.69, 9.17) is 23.2 Å². The maximum Gasteiger partial charge on any atom is 0.190 e. The number of halogens is 2. The van der Waals surface area contributed by atoms with Gasteiger partial charge in [-0.2, -0.15) is 5.26 Å². The van der Waals surface area contributed by atoms with Gasteiger partial charge in [-0.1, -0.05) is 59.6 Å². The molecular weight excluding hydrogens is 341 g/mol. The highest BCUT2D eigenvalue weighted by Crippen LogP contribution is 2.23. The Bertz CT molecular complexity index is 879. The molecule has 3 nitrogen and oxygen atoms in total. The van der Waals surface area contributed by atoms with Crippen molar-refractivity contribution in [2.24, 2.45) is 0 Å². The molecule has 2 aromatic carbocycles. The van der Waals surface area contributed by atoms with Gasteiger partial charge < -0.3 is 0 Å². The number of hydrogen-bond acceptors (Lipinski definition) is 2. The highest BCUT2D eigenvalue weighted by atomic mass is 35.5. The van der Waals surface area contributed by atoms with Crippen LogP contribution in [0.25, 0.3) is 11.4 Å². The topological polar surface area (TPSA) is 41.6 Å². The van der Waals surface area contributed by atoms with Crippen LogP contribution in [0.5, 0.6) is 0 Å². The molecule has 1 heterocycles. The first kappa shape index (κ1) is 16.6. The minimum atomic E-state index is 0.638. The normalized spacial score (nSPS) is 10.5. The molecule has 24 heavy (non-hydrogen) atoms. The zero-order valence-corrected chi connectivity index (χ0v) is 14.4. The third kappa shape index (κ3) is 3.62. The van der Waals surface area contributed by atoms with E-state index in [1.165, 1.54) is 0 Å². The summed E-state index contributed by atoms with van der Waals surface area (Å²) in [5.41, 5.74) is 2.90. The van der Waals surface area contributed by atoms with Crippen LogP contribution in [-0.4, -0.2) is 9.55 Å². The fourth-order valence-electron chi connectivity index (χ4n) is 2.65. The molecule has 0 fully saturated rings. The average molecular weight is 356 g/mol. The van der Waals surface area contributed by atoms with Crippen molar-refractivity contribution in [3.63, 3.8) is 0 Å². The predicted molar refractivity (Wildman–Crippen MR) is 97.2 cm³/mol. The summed E-state index contributed by atoms with van der Waals surface area (Å²) in [4.78, 5) is 4.41. The van der Waals surface area contributed by atoms with E-state index in [-0.39, 0.29) is 0 Å². The fraction of sp³-hybridized carbons (Fsp3) is 0.158. The van der Waals surface area contributed by atoms with E-state index in [1.807, 2.05) is 42.5 Å². The maximum atomic E-state index is 9.48. The Hall–Kier alpha value is -2.28. The lowest BCUT2D eigenvalue weighted by Crippen LogP contribution is -2.00. The number of aryl methyl sites for hydroxylation is 2. The second-order valence-corrected chi connectivity index (χ2v) is 6.31. The monoisotopic (exact) mass is 355 g/mol. The Kier molecular flexibility index (Phi) is 5.20. The van der Waals surface area contributed by atoms with E-state index >= 15 is 0 Å². The summed E-state index contributed by atoms with van der Waals surface area (Å²) in [5.74, 6) is 0.678. The first-order valence-electron chi connectivity index (χ1n) is 7.65. The molecule has 0 aliphatic carbocycles. The van der Waals surface area contributed by atoms with Gasteiger partial charge in [-0.3, -0.25) is 0 Å². The molecule has 3 rings (SSSR count). The summed E-state index contributed by atoms with van der Waals surface area (Å²) in [6, 6.07) is 15.3. The Morgan fingerprint density at radius 1 is 1.04 bits per heavy atom. The molecule has 0 aliphatic rings. The molecule has 0 aliphatic heterocycles. The lowest BCUT2D eigenvalue weighted by atomic mass is 10.1. The minimum absolute atomic E-state index is 0.638. The molecule has 5 heteroatoms. The van der Waals surface area contributed by atoms with Crippen molar-refractivity contribution < 1.29 is 0 Å². The molecule has 0 atom stereocenters. The number of nitrogens with zero attached hydrogens (tertiary/aromatic N) is 3. The Labute approximate surface area is 151 Å². The Morgan fingerprint density at radius 2 is 1.83 bits per heavy atom. The molecular formula is C19H15Cl2N3. The summed E-state index contributed by atoms with van der Waals surface area (Å²) < 4.78 is 1.60. The fourth-order valence-corrected chi connectivity index (χ4v) is 3.15. The van der Waals surface area contributed by atoms with E-state index in [9.17, 15) is 5.26 Å². The van der Waals surface area contributed by atoms with E-state index in [0.717, 1.165) is 36.1 Å². The standard InChI is InChI=1S/C19H15Cl2N3/c20-16-10-9-14(18(21)11-16)7-4-8-17-12-23-19(24(17)13-22)15-5-2-1-3-6-15/h1-3,5-6,9-12H,4,7-8H2. The van der Waals surface area contributed by atoms with Gasteiger partial charge in [0.05, 0.1) is 11.9 Å². The van der Waals surface area contributed by atoms with Gasteiger partial charge in [-0.05, 0) is 37.0 Å². The van der Waals surface area contributed by atoms with Crippen LogP contribution >= 0.6 is 23.2 Å². The summed E-state index contributed by atoms with van der Waals surface area (Å²) in [6.07, 6.45) is 6.45. The molecule has 0 saturated carbocycles. The summed E-state index contributed by atoms with van der Waals surface area (Å²) in [5, 5.41) is 10.8. The molecule has 0 radical (unpaired) electrons. The molecule has 0 N–H and O–H groups in total. The van der Waals surface area contributed by atoms with Gasteiger partial charge in [0.25, 0.3) is 0 Å². The van der Waals surface area contributed by atoms with Crippen LogP contribution in [-0.2, 0) is 12.8 Å². The molecule has 3 aromatic rings. The van der Waals surface area contributed by atoms with Crippen molar-refractivity contribution in [2.45, 2.75) is 19.3 Å².